The van der Waals surface area contributed by atoms with E-state index in [-0.39, 0.29) is 5.46 Å². The summed E-state index contributed by atoms with van der Waals surface area (Å²) in [5.74, 6) is -0.454. The van der Waals surface area contributed by atoms with Crippen molar-refractivity contribution in [1.29, 1.82) is 0 Å². The van der Waals surface area contributed by atoms with E-state index >= 15 is 0 Å². The van der Waals surface area contributed by atoms with Gasteiger partial charge in [-0.3, -0.25) is 0 Å². The van der Waals surface area contributed by atoms with Crippen molar-refractivity contribution in [3.63, 3.8) is 0 Å². The Hall–Kier alpha value is -0.945. The first-order valence-electron chi connectivity index (χ1n) is 9.21. The lowest BCUT2D eigenvalue weighted by Gasteiger charge is -2.38. The first-order chi connectivity index (χ1) is 11.6. The maximum Gasteiger partial charge on any atom is 0.494 e. The smallest absolute Gasteiger partial charge is 0.423 e. The van der Waals surface area contributed by atoms with E-state index in [0.717, 1.165) is 12.8 Å². The minimum absolute atomic E-state index is 0.0975. The number of nitrogens with one attached hydrogen (secondary N) is 1. The van der Waals surface area contributed by atoms with Gasteiger partial charge in [-0.25, -0.2) is 4.39 Å². The second kappa shape index (κ2) is 8.17. The summed E-state index contributed by atoms with van der Waals surface area (Å²) in [5, 5.41) is 23.9. The summed E-state index contributed by atoms with van der Waals surface area (Å²) >= 11 is 0. The summed E-state index contributed by atoms with van der Waals surface area (Å²) in [6, 6.07) is 5.40. The monoisotopic (exact) mass is 351 g/mol. The molecule has 0 atom stereocenters. The van der Waals surface area contributed by atoms with Crippen LogP contribution in [0.3, 0.4) is 0 Å². The lowest BCUT2D eigenvalue weighted by atomic mass is 9.75. The zero-order valence-corrected chi connectivity index (χ0v) is 15.8. The Balaban J connectivity index is 2.06. The number of hydrogen-bond donors (Lipinski definition) is 3. The van der Waals surface area contributed by atoms with Crippen LogP contribution in [0.15, 0.2) is 18.2 Å². The quantitative estimate of drug-likeness (QED) is 0.661. The zero-order chi connectivity index (χ0) is 18.7. The minimum Gasteiger partial charge on any atom is -0.423 e. The molecule has 6 heteroatoms. The van der Waals surface area contributed by atoms with Crippen molar-refractivity contribution in [2.75, 3.05) is 0 Å². The zero-order valence-electron chi connectivity index (χ0n) is 15.8. The first-order valence-corrected chi connectivity index (χ1v) is 9.21. The molecule has 140 valence electrons. The van der Waals surface area contributed by atoms with Gasteiger partial charge in [0.25, 0.3) is 0 Å². The minimum atomic E-state index is -1.43. The summed E-state index contributed by atoms with van der Waals surface area (Å²) in [7, 11) is -1.43. The van der Waals surface area contributed by atoms with Gasteiger partial charge in [-0.05, 0) is 40.5 Å². The SMILES string of the molecule is CC(C)(O)C(C)(C)OB(O)c1cccc(CNC2CCCCC2)c1F. The van der Waals surface area contributed by atoms with Crippen molar-refractivity contribution in [3.05, 3.63) is 29.6 Å². The maximum atomic E-state index is 14.8. The van der Waals surface area contributed by atoms with Crippen LogP contribution in [0.1, 0.15) is 65.4 Å². The van der Waals surface area contributed by atoms with Gasteiger partial charge in [0.1, 0.15) is 5.82 Å². The van der Waals surface area contributed by atoms with Gasteiger partial charge < -0.3 is 20.1 Å². The highest BCUT2D eigenvalue weighted by atomic mass is 19.1. The predicted molar refractivity (Wildman–Crippen MR) is 99.2 cm³/mol. The number of halogens is 1. The highest BCUT2D eigenvalue weighted by molar-refractivity contribution is 6.60. The van der Waals surface area contributed by atoms with Gasteiger partial charge in [-0.15, -0.1) is 0 Å². The molecular formula is C19H31BFNO3. The van der Waals surface area contributed by atoms with Gasteiger partial charge in [0, 0.05) is 23.6 Å². The Morgan fingerprint density at radius 1 is 1.20 bits per heavy atom. The van der Waals surface area contributed by atoms with Gasteiger partial charge >= 0.3 is 7.12 Å². The Labute approximate surface area is 150 Å². The molecule has 0 heterocycles. The molecule has 0 aliphatic heterocycles. The predicted octanol–water partition coefficient (Wildman–Crippen LogP) is 2.50. The van der Waals surface area contributed by atoms with E-state index in [1.54, 1.807) is 39.8 Å². The molecule has 0 spiro atoms. The Kier molecular flexibility index (Phi) is 6.65. The van der Waals surface area contributed by atoms with E-state index in [2.05, 4.69) is 5.32 Å². The summed E-state index contributed by atoms with van der Waals surface area (Å²) in [5.41, 5.74) is -1.59. The number of hydrogen-bond acceptors (Lipinski definition) is 4. The van der Waals surface area contributed by atoms with Crippen molar-refractivity contribution in [3.8, 4) is 0 Å². The molecule has 1 fully saturated rings. The molecule has 0 amide bonds. The lowest BCUT2D eigenvalue weighted by Crippen LogP contribution is -2.53. The molecular weight excluding hydrogens is 320 g/mol. The molecule has 1 aromatic carbocycles. The Morgan fingerprint density at radius 2 is 1.84 bits per heavy atom. The van der Waals surface area contributed by atoms with Crippen LogP contribution in [0.25, 0.3) is 0 Å². The molecule has 1 aromatic rings. The van der Waals surface area contributed by atoms with Crippen molar-refractivity contribution in [2.45, 2.75) is 83.6 Å². The van der Waals surface area contributed by atoms with Crippen molar-refractivity contribution >= 4 is 12.6 Å². The molecule has 3 N–H and O–H groups in total. The van der Waals surface area contributed by atoms with Crippen LogP contribution in [0.4, 0.5) is 4.39 Å². The average molecular weight is 351 g/mol. The fraction of sp³-hybridized carbons (Fsp3) is 0.684. The van der Waals surface area contributed by atoms with Crippen molar-refractivity contribution in [2.24, 2.45) is 0 Å². The highest BCUT2D eigenvalue weighted by Crippen LogP contribution is 2.25. The summed E-state index contributed by atoms with van der Waals surface area (Å²) in [6.45, 7) is 6.97. The first kappa shape index (κ1) is 20.4. The van der Waals surface area contributed by atoms with E-state index in [1.165, 1.54) is 25.3 Å². The summed E-state index contributed by atoms with van der Waals surface area (Å²) in [6.07, 6.45) is 5.99. The van der Waals surface area contributed by atoms with Gasteiger partial charge in [-0.1, -0.05) is 37.5 Å². The van der Waals surface area contributed by atoms with Crippen LogP contribution in [-0.2, 0) is 11.2 Å². The van der Waals surface area contributed by atoms with Crippen LogP contribution in [0, 0.1) is 5.82 Å². The third kappa shape index (κ3) is 5.27. The normalized spacial score (nSPS) is 16.9. The van der Waals surface area contributed by atoms with E-state index in [9.17, 15) is 14.5 Å². The van der Waals surface area contributed by atoms with Gasteiger partial charge in [0.05, 0.1) is 11.2 Å². The molecule has 1 aliphatic carbocycles. The molecule has 1 aliphatic rings. The second-order valence-electron chi connectivity index (χ2n) is 8.08. The maximum absolute atomic E-state index is 14.8. The van der Waals surface area contributed by atoms with E-state index in [4.69, 9.17) is 4.65 Å². The van der Waals surface area contributed by atoms with Crippen LogP contribution in [0.2, 0.25) is 0 Å². The average Bonchev–Trinajstić information content (AvgIpc) is 2.53. The fourth-order valence-electron chi connectivity index (χ4n) is 2.97. The molecule has 2 rings (SSSR count). The molecule has 1 saturated carbocycles. The lowest BCUT2D eigenvalue weighted by molar-refractivity contribution is -0.0983. The van der Waals surface area contributed by atoms with Crippen LogP contribution in [-0.4, -0.2) is 34.5 Å². The Bertz CT molecular complexity index is 568. The fourth-order valence-corrected chi connectivity index (χ4v) is 2.97. The van der Waals surface area contributed by atoms with Gasteiger partial charge in [0.15, 0.2) is 0 Å². The summed E-state index contributed by atoms with van der Waals surface area (Å²) in [4.78, 5) is 0. The van der Waals surface area contributed by atoms with Crippen molar-refractivity contribution < 1.29 is 19.2 Å². The third-order valence-electron chi connectivity index (χ3n) is 5.44. The molecule has 25 heavy (non-hydrogen) atoms. The number of aliphatic hydroxyl groups is 1. The molecule has 4 nitrogen and oxygen atoms in total. The van der Waals surface area contributed by atoms with Crippen molar-refractivity contribution in [1.82, 2.24) is 5.32 Å². The Morgan fingerprint density at radius 3 is 2.44 bits per heavy atom. The number of rotatable bonds is 7. The standard InChI is InChI=1S/C19H31BFNO3/c1-18(2,23)19(3,4)25-20(24)16-12-8-9-14(17(16)21)13-22-15-10-6-5-7-11-15/h8-9,12,15,22-24H,5-7,10-11,13H2,1-4H3. The van der Waals surface area contributed by atoms with Gasteiger partial charge in [-0.2, -0.15) is 0 Å². The molecule has 0 saturated heterocycles. The molecule has 0 aromatic heterocycles. The molecule has 0 radical (unpaired) electrons. The van der Waals surface area contributed by atoms with E-state index < -0.39 is 24.1 Å². The summed E-state index contributed by atoms with van der Waals surface area (Å²) < 4.78 is 20.4. The van der Waals surface area contributed by atoms with Crippen LogP contribution >= 0.6 is 0 Å². The van der Waals surface area contributed by atoms with E-state index in [1.807, 2.05) is 0 Å². The van der Waals surface area contributed by atoms with Crippen LogP contribution in [0.5, 0.6) is 0 Å². The van der Waals surface area contributed by atoms with E-state index in [0.29, 0.717) is 18.2 Å². The number of benzene rings is 1. The van der Waals surface area contributed by atoms with Crippen LogP contribution < -0.4 is 10.8 Å². The molecule has 0 unspecified atom stereocenters. The third-order valence-corrected chi connectivity index (χ3v) is 5.44. The van der Waals surface area contributed by atoms with Gasteiger partial charge in [0.2, 0.25) is 0 Å². The highest BCUT2D eigenvalue weighted by Gasteiger charge is 2.40. The largest absolute Gasteiger partial charge is 0.494 e. The topological polar surface area (TPSA) is 61.7 Å². The molecule has 0 bridgehead atoms. The second-order valence-corrected chi connectivity index (χ2v) is 8.08.